The zero-order valence-electron chi connectivity index (χ0n) is 9.06. The fourth-order valence-corrected chi connectivity index (χ4v) is 2.33. The Morgan fingerprint density at radius 3 is 2.67 bits per heavy atom. The number of aliphatic hydroxyl groups excluding tert-OH is 1. The van der Waals surface area contributed by atoms with Crippen LogP contribution in [0.15, 0.2) is 0 Å². The quantitative estimate of drug-likeness (QED) is 0.598. The molecule has 2 saturated heterocycles. The van der Waals surface area contributed by atoms with Crippen LogP contribution in [0.25, 0.3) is 0 Å². The maximum absolute atomic E-state index is 11.7. The molecule has 0 aromatic heterocycles. The fourth-order valence-electron chi connectivity index (χ4n) is 2.33. The number of carbonyl (C=O) groups is 2. The van der Waals surface area contributed by atoms with Crippen LogP contribution in [0.1, 0.15) is 20.8 Å². The van der Waals surface area contributed by atoms with Crippen LogP contribution in [-0.4, -0.2) is 46.2 Å². The number of aliphatic hydroxyl groups is 1. The van der Waals surface area contributed by atoms with Crippen LogP contribution in [0.2, 0.25) is 0 Å². The van der Waals surface area contributed by atoms with E-state index in [1.807, 2.05) is 0 Å². The van der Waals surface area contributed by atoms with E-state index in [0.29, 0.717) is 0 Å². The molecule has 2 aliphatic rings. The molecule has 0 aliphatic carbocycles. The van der Waals surface area contributed by atoms with E-state index in [9.17, 15) is 14.7 Å². The Balaban J connectivity index is 2.28. The minimum absolute atomic E-state index is 0.0185. The summed E-state index contributed by atoms with van der Waals surface area (Å²) < 4.78 is 5.28. The van der Waals surface area contributed by atoms with Crippen molar-refractivity contribution in [2.75, 3.05) is 6.61 Å². The molecule has 84 valence electrons. The summed E-state index contributed by atoms with van der Waals surface area (Å²) in [5.41, 5.74) is -0.735. The molecule has 1 amide bonds. The van der Waals surface area contributed by atoms with Crippen molar-refractivity contribution in [2.45, 2.75) is 38.6 Å². The average molecular weight is 213 g/mol. The van der Waals surface area contributed by atoms with Gasteiger partial charge in [0.1, 0.15) is 18.4 Å². The SMILES string of the molecule is C[C@@H](O)[C@H]1C(=O)N2[C@@H]1C(=O)COC2(C)C. The van der Waals surface area contributed by atoms with Crippen LogP contribution in [0, 0.1) is 5.92 Å². The van der Waals surface area contributed by atoms with Crippen molar-refractivity contribution in [1.82, 2.24) is 4.90 Å². The molecule has 0 radical (unpaired) electrons. The molecular formula is C10H15NO4. The van der Waals surface area contributed by atoms with Gasteiger partial charge in [0.15, 0.2) is 5.78 Å². The van der Waals surface area contributed by atoms with Gasteiger partial charge in [-0.1, -0.05) is 0 Å². The van der Waals surface area contributed by atoms with Gasteiger partial charge in [0.25, 0.3) is 0 Å². The molecule has 5 heteroatoms. The van der Waals surface area contributed by atoms with Gasteiger partial charge in [-0.3, -0.25) is 9.59 Å². The lowest BCUT2D eigenvalue weighted by molar-refractivity contribution is -0.233. The summed E-state index contributed by atoms with van der Waals surface area (Å²) in [6, 6.07) is -0.499. The Kier molecular flexibility index (Phi) is 2.13. The van der Waals surface area contributed by atoms with Crippen LogP contribution >= 0.6 is 0 Å². The first-order valence-corrected chi connectivity index (χ1v) is 5.04. The predicted molar refractivity (Wildman–Crippen MR) is 50.8 cm³/mol. The highest BCUT2D eigenvalue weighted by atomic mass is 16.5. The molecule has 0 aromatic carbocycles. The molecule has 1 N–H and O–H groups in total. The smallest absolute Gasteiger partial charge is 0.233 e. The number of ketones is 1. The number of amides is 1. The van der Waals surface area contributed by atoms with Crippen LogP contribution in [-0.2, 0) is 14.3 Å². The number of β-lactam (4-membered cyclic amide) rings is 1. The van der Waals surface area contributed by atoms with E-state index >= 15 is 0 Å². The van der Waals surface area contributed by atoms with Gasteiger partial charge < -0.3 is 14.7 Å². The molecular weight excluding hydrogens is 198 g/mol. The molecule has 2 aliphatic heterocycles. The number of carbonyl (C=O) groups excluding carboxylic acids is 2. The number of hydrogen-bond acceptors (Lipinski definition) is 4. The van der Waals surface area contributed by atoms with Gasteiger partial charge in [-0.2, -0.15) is 0 Å². The lowest BCUT2D eigenvalue weighted by atomic mass is 9.78. The number of ether oxygens (including phenoxy) is 1. The molecule has 0 saturated carbocycles. The van der Waals surface area contributed by atoms with E-state index in [1.165, 1.54) is 11.8 Å². The number of nitrogens with zero attached hydrogens (tertiary/aromatic N) is 1. The highest BCUT2D eigenvalue weighted by Crippen LogP contribution is 2.39. The number of rotatable bonds is 1. The first-order valence-electron chi connectivity index (χ1n) is 5.04. The van der Waals surface area contributed by atoms with E-state index in [2.05, 4.69) is 0 Å². The number of fused-ring (bicyclic) bond motifs is 1. The highest BCUT2D eigenvalue weighted by molar-refractivity contribution is 6.02. The Labute approximate surface area is 88.0 Å². The summed E-state index contributed by atoms with van der Waals surface area (Å²) in [5.74, 6) is -0.909. The summed E-state index contributed by atoms with van der Waals surface area (Å²) in [6.07, 6.45) is -0.781. The zero-order chi connectivity index (χ0) is 11.4. The maximum Gasteiger partial charge on any atom is 0.233 e. The van der Waals surface area contributed by atoms with Crippen LogP contribution in [0.4, 0.5) is 0 Å². The van der Waals surface area contributed by atoms with E-state index in [0.717, 1.165) is 0 Å². The van der Waals surface area contributed by atoms with Gasteiger partial charge in [-0.15, -0.1) is 0 Å². The normalized spacial score (nSPS) is 35.9. The van der Waals surface area contributed by atoms with Gasteiger partial charge in [0.05, 0.1) is 12.0 Å². The lowest BCUT2D eigenvalue weighted by Crippen LogP contribution is -2.76. The van der Waals surface area contributed by atoms with Gasteiger partial charge in [-0.25, -0.2) is 0 Å². The topological polar surface area (TPSA) is 66.8 Å². The van der Waals surface area contributed by atoms with Crippen molar-refractivity contribution >= 4 is 11.7 Å². The second-order valence-electron chi connectivity index (χ2n) is 4.62. The third-order valence-corrected chi connectivity index (χ3v) is 3.14. The molecule has 0 bridgehead atoms. The first kappa shape index (κ1) is 10.6. The van der Waals surface area contributed by atoms with Crippen molar-refractivity contribution in [1.29, 1.82) is 0 Å². The summed E-state index contributed by atoms with van der Waals surface area (Å²) in [5, 5.41) is 9.43. The molecule has 0 spiro atoms. The summed E-state index contributed by atoms with van der Waals surface area (Å²) in [6.45, 7) is 5.06. The largest absolute Gasteiger partial charge is 0.392 e. The van der Waals surface area contributed by atoms with Crippen LogP contribution in [0.5, 0.6) is 0 Å². The molecule has 15 heavy (non-hydrogen) atoms. The Morgan fingerprint density at radius 1 is 1.53 bits per heavy atom. The van der Waals surface area contributed by atoms with E-state index in [-0.39, 0.29) is 18.3 Å². The Bertz CT molecular complexity index is 323. The Morgan fingerprint density at radius 2 is 2.13 bits per heavy atom. The zero-order valence-corrected chi connectivity index (χ0v) is 9.06. The van der Waals surface area contributed by atoms with Crippen LogP contribution < -0.4 is 0 Å². The lowest BCUT2D eigenvalue weighted by Gasteiger charge is -2.56. The van der Waals surface area contributed by atoms with Crippen molar-refractivity contribution in [3.05, 3.63) is 0 Å². The van der Waals surface area contributed by atoms with Gasteiger partial charge in [0.2, 0.25) is 5.91 Å². The Hall–Kier alpha value is -0.940. The maximum atomic E-state index is 11.7. The first-order chi connectivity index (χ1) is 6.86. The number of Topliss-reactive ketones (excluding diaryl/α,β-unsaturated/α-hetero) is 1. The van der Waals surface area contributed by atoms with Crippen LogP contribution in [0.3, 0.4) is 0 Å². The monoisotopic (exact) mass is 213 g/mol. The van der Waals surface area contributed by atoms with Crippen molar-refractivity contribution in [2.24, 2.45) is 5.92 Å². The standard InChI is InChI=1S/C10H15NO4/c1-5(12)7-8-6(13)4-15-10(2,3)11(8)9(7)14/h5,7-8,12H,4H2,1-3H3/t5-,7-,8-/m1/s1. The fraction of sp³-hybridized carbons (Fsp3) is 0.800. The van der Waals surface area contributed by atoms with E-state index in [4.69, 9.17) is 4.74 Å². The molecule has 5 nitrogen and oxygen atoms in total. The third kappa shape index (κ3) is 1.30. The summed E-state index contributed by atoms with van der Waals surface area (Å²) in [7, 11) is 0. The third-order valence-electron chi connectivity index (χ3n) is 3.14. The molecule has 3 atom stereocenters. The molecule has 2 heterocycles. The molecule has 0 aromatic rings. The average Bonchev–Trinajstić information content (AvgIpc) is 2.07. The van der Waals surface area contributed by atoms with E-state index in [1.54, 1.807) is 13.8 Å². The minimum Gasteiger partial charge on any atom is -0.392 e. The minimum atomic E-state index is -0.781. The number of hydrogen-bond donors (Lipinski definition) is 1. The predicted octanol–water partition coefficient (Wildman–Crippen LogP) is -0.470. The molecule has 0 unspecified atom stereocenters. The highest BCUT2D eigenvalue weighted by Gasteiger charge is 2.60. The summed E-state index contributed by atoms with van der Waals surface area (Å²) >= 11 is 0. The molecule has 2 fully saturated rings. The van der Waals surface area contributed by atoms with Crippen molar-refractivity contribution < 1.29 is 19.4 Å². The molecule has 2 rings (SSSR count). The van der Waals surface area contributed by atoms with Gasteiger partial charge in [-0.05, 0) is 20.8 Å². The summed E-state index contributed by atoms with van der Waals surface area (Å²) in [4.78, 5) is 24.7. The second kappa shape index (κ2) is 3.02. The van der Waals surface area contributed by atoms with E-state index < -0.39 is 23.8 Å². The van der Waals surface area contributed by atoms with Gasteiger partial charge in [0, 0.05) is 0 Å². The van der Waals surface area contributed by atoms with Crippen molar-refractivity contribution in [3.63, 3.8) is 0 Å². The van der Waals surface area contributed by atoms with Gasteiger partial charge >= 0.3 is 0 Å². The van der Waals surface area contributed by atoms with Crippen molar-refractivity contribution in [3.8, 4) is 0 Å². The second-order valence-corrected chi connectivity index (χ2v) is 4.62.